The average molecular weight is 373 g/mol. The molecular formula is C18H19N3O4S. The van der Waals surface area contributed by atoms with E-state index in [2.05, 4.69) is 15.6 Å². The summed E-state index contributed by atoms with van der Waals surface area (Å²) in [5.41, 5.74) is 1.57. The smallest absolute Gasteiger partial charge is 0.340 e. The van der Waals surface area contributed by atoms with Gasteiger partial charge in [-0.3, -0.25) is 15.1 Å². The quantitative estimate of drug-likeness (QED) is 0.785. The molecule has 3 rings (SSSR count). The van der Waals surface area contributed by atoms with Crippen molar-refractivity contribution >= 4 is 29.2 Å². The number of esters is 1. The zero-order valence-corrected chi connectivity index (χ0v) is 15.3. The Morgan fingerprint density at radius 2 is 2.04 bits per heavy atom. The molecule has 136 valence electrons. The fraction of sp³-hybridized carbons (Fsp3) is 0.333. The number of imide groups is 1. The van der Waals surface area contributed by atoms with E-state index in [-0.39, 0.29) is 11.6 Å². The van der Waals surface area contributed by atoms with Gasteiger partial charge in [-0.15, -0.1) is 11.3 Å². The molecule has 0 bridgehead atoms. The zero-order chi connectivity index (χ0) is 18.7. The number of rotatable bonds is 5. The number of thiophene rings is 1. The molecule has 2 N–H and O–H groups in total. The number of carbonyl (C=O) groups is 3. The van der Waals surface area contributed by atoms with E-state index in [9.17, 15) is 14.4 Å². The van der Waals surface area contributed by atoms with Crippen molar-refractivity contribution in [3.8, 4) is 10.6 Å². The van der Waals surface area contributed by atoms with Crippen LogP contribution in [0.25, 0.3) is 10.6 Å². The summed E-state index contributed by atoms with van der Waals surface area (Å²) < 4.78 is 5.16. The summed E-state index contributed by atoms with van der Waals surface area (Å²) in [5.74, 6) is -1.32. The van der Waals surface area contributed by atoms with Crippen LogP contribution in [0.3, 0.4) is 0 Å². The van der Waals surface area contributed by atoms with Crippen LogP contribution in [0, 0.1) is 6.92 Å². The number of aromatic nitrogens is 1. The molecule has 7 nitrogen and oxygen atoms in total. The topological polar surface area (TPSA) is 97.4 Å². The van der Waals surface area contributed by atoms with Crippen molar-refractivity contribution in [1.82, 2.24) is 15.6 Å². The maximum atomic E-state index is 12.3. The highest BCUT2D eigenvalue weighted by molar-refractivity contribution is 7.13. The average Bonchev–Trinajstić information content (AvgIpc) is 3.23. The summed E-state index contributed by atoms with van der Waals surface area (Å²) in [6, 6.07) is 6.81. The highest BCUT2D eigenvalue weighted by Crippen LogP contribution is 2.24. The number of urea groups is 1. The summed E-state index contributed by atoms with van der Waals surface area (Å²) in [7, 11) is 0. The molecule has 1 unspecified atom stereocenters. The molecule has 2 aromatic rings. The minimum absolute atomic E-state index is 0.135. The second-order valence-electron chi connectivity index (χ2n) is 6.09. The molecule has 0 aromatic carbocycles. The summed E-state index contributed by atoms with van der Waals surface area (Å²) >= 11 is 1.56. The largest absolute Gasteiger partial charge is 0.449 e. The Balaban J connectivity index is 1.59. The minimum Gasteiger partial charge on any atom is -0.449 e. The Kier molecular flexibility index (Phi) is 5.32. The summed E-state index contributed by atoms with van der Waals surface area (Å²) in [5, 5.41) is 6.76. The minimum atomic E-state index is -1.09. The van der Waals surface area contributed by atoms with Crippen LogP contribution in [-0.4, -0.2) is 35.0 Å². The lowest BCUT2D eigenvalue weighted by molar-refractivity contribution is -0.127. The monoisotopic (exact) mass is 373 g/mol. The molecule has 26 heavy (non-hydrogen) atoms. The highest BCUT2D eigenvalue weighted by Gasteiger charge is 2.26. The number of nitrogens with one attached hydrogen (secondary N) is 2. The standard InChI is InChI=1S/C18H19N3O4S/c1-10-13(7-8-14(19-10)15-4-3-9-26-15)17(23)25-11(2)16(22)21-18(24)20-12-5-6-12/h3-4,7-9,11-12H,5-6H2,1-2H3,(H2,20,21,22,24). The third kappa shape index (κ3) is 4.45. The second-order valence-corrected chi connectivity index (χ2v) is 7.04. The number of hydrogen-bond acceptors (Lipinski definition) is 6. The molecular weight excluding hydrogens is 354 g/mol. The SMILES string of the molecule is Cc1nc(-c2cccs2)ccc1C(=O)OC(C)C(=O)NC(=O)NC1CC1. The number of aryl methyl sites for hydroxylation is 1. The first kappa shape index (κ1) is 18.1. The highest BCUT2D eigenvalue weighted by atomic mass is 32.1. The molecule has 2 aromatic heterocycles. The van der Waals surface area contributed by atoms with Crippen LogP contribution < -0.4 is 10.6 Å². The summed E-state index contributed by atoms with van der Waals surface area (Å²) in [4.78, 5) is 41.3. The summed E-state index contributed by atoms with van der Waals surface area (Å²) in [6.07, 6.45) is 0.739. The first-order valence-electron chi connectivity index (χ1n) is 8.28. The molecule has 3 amide bonds. The van der Waals surface area contributed by atoms with E-state index < -0.39 is 24.0 Å². The normalized spacial score (nSPS) is 14.4. The fourth-order valence-corrected chi connectivity index (χ4v) is 2.97. The van der Waals surface area contributed by atoms with Crippen LogP contribution in [0.1, 0.15) is 35.8 Å². The van der Waals surface area contributed by atoms with Gasteiger partial charge >= 0.3 is 12.0 Å². The van der Waals surface area contributed by atoms with Crippen LogP contribution >= 0.6 is 11.3 Å². The first-order chi connectivity index (χ1) is 12.4. The van der Waals surface area contributed by atoms with E-state index >= 15 is 0 Å². The molecule has 1 atom stereocenters. The molecule has 1 saturated carbocycles. The van der Waals surface area contributed by atoms with Gasteiger partial charge in [-0.2, -0.15) is 0 Å². The van der Waals surface area contributed by atoms with E-state index in [1.165, 1.54) is 6.92 Å². The molecule has 8 heteroatoms. The predicted molar refractivity (Wildman–Crippen MR) is 96.9 cm³/mol. The van der Waals surface area contributed by atoms with Crippen molar-refractivity contribution in [2.45, 2.75) is 38.8 Å². The summed E-state index contributed by atoms with van der Waals surface area (Å²) in [6.45, 7) is 3.13. The number of ether oxygens (including phenoxy) is 1. The van der Waals surface area contributed by atoms with Crippen molar-refractivity contribution in [2.24, 2.45) is 0 Å². The predicted octanol–water partition coefficient (Wildman–Crippen LogP) is 2.65. The lowest BCUT2D eigenvalue weighted by Gasteiger charge is -2.14. The number of pyridine rings is 1. The van der Waals surface area contributed by atoms with Gasteiger partial charge in [0, 0.05) is 6.04 Å². The van der Waals surface area contributed by atoms with Gasteiger partial charge in [-0.1, -0.05) is 6.07 Å². The van der Waals surface area contributed by atoms with Gasteiger partial charge in [-0.25, -0.2) is 9.59 Å². The lowest BCUT2D eigenvalue weighted by Crippen LogP contribution is -2.45. The van der Waals surface area contributed by atoms with E-state index in [0.717, 1.165) is 23.4 Å². The Bertz CT molecular complexity index is 831. The van der Waals surface area contributed by atoms with Crippen LogP contribution in [0.2, 0.25) is 0 Å². The maximum absolute atomic E-state index is 12.3. The molecule has 1 fully saturated rings. The fourth-order valence-electron chi connectivity index (χ4n) is 2.28. The third-order valence-electron chi connectivity index (χ3n) is 3.88. The zero-order valence-electron chi connectivity index (χ0n) is 14.4. The van der Waals surface area contributed by atoms with Gasteiger partial charge in [0.25, 0.3) is 5.91 Å². The van der Waals surface area contributed by atoms with Gasteiger partial charge in [0.1, 0.15) is 0 Å². The van der Waals surface area contributed by atoms with Crippen molar-refractivity contribution in [2.75, 3.05) is 0 Å². The molecule has 1 aliphatic carbocycles. The molecule has 0 radical (unpaired) electrons. The van der Waals surface area contributed by atoms with Crippen molar-refractivity contribution in [3.05, 3.63) is 40.9 Å². The van der Waals surface area contributed by atoms with Crippen molar-refractivity contribution < 1.29 is 19.1 Å². The molecule has 0 aliphatic heterocycles. The van der Waals surface area contributed by atoms with Crippen LogP contribution in [0.5, 0.6) is 0 Å². The molecule has 0 spiro atoms. The van der Waals surface area contributed by atoms with Crippen molar-refractivity contribution in [3.63, 3.8) is 0 Å². The van der Waals surface area contributed by atoms with Crippen molar-refractivity contribution in [1.29, 1.82) is 0 Å². The van der Waals surface area contributed by atoms with Crippen LogP contribution in [-0.2, 0) is 9.53 Å². The Morgan fingerprint density at radius 3 is 2.65 bits per heavy atom. The maximum Gasteiger partial charge on any atom is 0.340 e. The van der Waals surface area contributed by atoms with Gasteiger partial charge < -0.3 is 10.1 Å². The Hall–Kier alpha value is -2.74. The third-order valence-corrected chi connectivity index (χ3v) is 4.77. The van der Waals surface area contributed by atoms with Gasteiger partial charge in [0.05, 0.1) is 21.8 Å². The van der Waals surface area contributed by atoms with Gasteiger partial charge in [0.2, 0.25) is 0 Å². The first-order valence-corrected chi connectivity index (χ1v) is 9.16. The van der Waals surface area contributed by atoms with E-state index in [1.807, 2.05) is 17.5 Å². The Morgan fingerprint density at radius 1 is 1.27 bits per heavy atom. The van der Waals surface area contributed by atoms with E-state index in [0.29, 0.717) is 5.69 Å². The number of carbonyl (C=O) groups excluding carboxylic acids is 3. The number of nitrogens with zero attached hydrogens (tertiary/aromatic N) is 1. The van der Waals surface area contributed by atoms with E-state index in [1.54, 1.807) is 30.4 Å². The Labute approximate surface area is 154 Å². The van der Waals surface area contributed by atoms with Crippen LogP contribution in [0.15, 0.2) is 29.6 Å². The number of amides is 3. The molecule has 1 aliphatic rings. The second kappa shape index (κ2) is 7.65. The molecule has 0 saturated heterocycles. The van der Waals surface area contributed by atoms with E-state index in [4.69, 9.17) is 4.74 Å². The molecule has 2 heterocycles. The lowest BCUT2D eigenvalue weighted by atomic mass is 10.1. The van der Waals surface area contributed by atoms with Gasteiger partial charge in [0.15, 0.2) is 6.10 Å². The number of hydrogen-bond donors (Lipinski definition) is 2. The van der Waals surface area contributed by atoms with Gasteiger partial charge in [-0.05, 0) is 50.3 Å². The van der Waals surface area contributed by atoms with Crippen LogP contribution in [0.4, 0.5) is 4.79 Å².